The van der Waals surface area contributed by atoms with Crippen LogP contribution in [-0.2, 0) is 0 Å². The lowest BCUT2D eigenvalue weighted by molar-refractivity contribution is -0.383. The van der Waals surface area contributed by atoms with Gasteiger partial charge in [-0.1, -0.05) is 0 Å². The number of hydrogen-bond acceptors (Lipinski definition) is 4. The number of benzene rings is 2. The third-order valence-corrected chi connectivity index (χ3v) is 3.08. The normalized spacial score (nSPS) is 10.1. The quantitative estimate of drug-likeness (QED) is 0.382. The summed E-state index contributed by atoms with van der Waals surface area (Å²) in [6.45, 7) is 0. The van der Waals surface area contributed by atoms with Gasteiger partial charge in [-0.15, -0.1) is 0 Å². The van der Waals surface area contributed by atoms with Gasteiger partial charge in [0.25, 0.3) is 5.69 Å². The highest BCUT2D eigenvalue weighted by Gasteiger charge is 2.10. The Kier molecular flexibility index (Phi) is 3.66. The molecule has 2 aromatic carbocycles. The van der Waals surface area contributed by atoms with Crippen molar-refractivity contribution < 1.29 is 4.92 Å². The summed E-state index contributed by atoms with van der Waals surface area (Å²) in [5, 5.41) is 13.8. The van der Waals surface area contributed by atoms with Crippen LogP contribution in [0.2, 0.25) is 0 Å². The van der Waals surface area contributed by atoms with E-state index in [9.17, 15) is 10.1 Å². The average molecular weight is 355 g/mol. The van der Waals surface area contributed by atoms with Gasteiger partial charge < -0.3 is 11.1 Å². The first-order valence-electron chi connectivity index (χ1n) is 5.13. The molecule has 5 nitrogen and oxygen atoms in total. The lowest BCUT2D eigenvalue weighted by Crippen LogP contribution is -1.97. The number of halogens is 1. The van der Waals surface area contributed by atoms with Crippen molar-refractivity contribution in [3.63, 3.8) is 0 Å². The van der Waals surface area contributed by atoms with Gasteiger partial charge in [-0.3, -0.25) is 10.1 Å². The Bertz CT molecular complexity index is 584. The van der Waals surface area contributed by atoms with Gasteiger partial charge in [0.2, 0.25) is 0 Å². The Morgan fingerprint density at radius 3 is 2.28 bits per heavy atom. The fourth-order valence-corrected chi connectivity index (χ4v) is 1.86. The molecule has 0 aliphatic rings. The van der Waals surface area contributed by atoms with Crippen molar-refractivity contribution in [1.29, 1.82) is 0 Å². The van der Waals surface area contributed by atoms with Crippen molar-refractivity contribution in [3.05, 3.63) is 56.1 Å². The summed E-state index contributed by atoms with van der Waals surface area (Å²) in [6.07, 6.45) is 0. The zero-order chi connectivity index (χ0) is 13.1. The minimum atomic E-state index is -0.496. The van der Waals surface area contributed by atoms with Gasteiger partial charge in [-0.25, -0.2) is 0 Å². The van der Waals surface area contributed by atoms with Crippen LogP contribution >= 0.6 is 22.6 Å². The summed E-state index contributed by atoms with van der Waals surface area (Å²) < 4.78 is 1.14. The van der Waals surface area contributed by atoms with Crippen molar-refractivity contribution in [2.24, 2.45) is 0 Å². The maximum Gasteiger partial charge on any atom is 0.292 e. The standard InChI is InChI=1S/C12H10IN3O2/c13-8-1-3-9(4-2-8)15-10-5-6-12(16(17)18)11(14)7-10/h1-7,15H,14H2. The van der Waals surface area contributed by atoms with Gasteiger partial charge in [0.15, 0.2) is 0 Å². The SMILES string of the molecule is Nc1cc(Nc2ccc(I)cc2)ccc1[N+](=O)[O-]. The Balaban J connectivity index is 2.22. The van der Waals surface area contributed by atoms with E-state index >= 15 is 0 Å². The van der Waals surface area contributed by atoms with E-state index in [1.54, 1.807) is 12.1 Å². The van der Waals surface area contributed by atoms with Crippen LogP contribution in [0.3, 0.4) is 0 Å². The summed E-state index contributed by atoms with van der Waals surface area (Å²) in [6, 6.07) is 12.4. The van der Waals surface area contributed by atoms with E-state index in [4.69, 9.17) is 5.73 Å². The lowest BCUT2D eigenvalue weighted by Gasteiger charge is -2.07. The molecule has 0 radical (unpaired) electrons. The predicted molar refractivity (Wildman–Crippen MR) is 80.0 cm³/mol. The van der Waals surface area contributed by atoms with Crippen LogP contribution in [0, 0.1) is 13.7 Å². The van der Waals surface area contributed by atoms with Gasteiger partial charge >= 0.3 is 0 Å². The van der Waals surface area contributed by atoms with Crippen LogP contribution in [0.25, 0.3) is 0 Å². The molecule has 18 heavy (non-hydrogen) atoms. The first kappa shape index (κ1) is 12.6. The van der Waals surface area contributed by atoms with Crippen molar-refractivity contribution in [2.75, 3.05) is 11.1 Å². The summed E-state index contributed by atoms with van der Waals surface area (Å²) in [4.78, 5) is 10.1. The summed E-state index contributed by atoms with van der Waals surface area (Å²) in [7, 11) is 0. The maximum atomic E-state index is 10.6. The van der Waals surface area contributed by atoms with Crippen molar-refractivity contribution in [1.82, 2.24) is 0 Å². The van der Waals surface area contributed by atoms with E-state index in [2.05, 4.69) is 27.9 Å². The van der Waals surface area contributed by atoms with E-state index in [0.29, 0.717) is 0 Å². The van der Waals surface area contributed by atoms with Crippen molar-refractivity contribution >= 4 is 45.3 Å². The molecule has 0 aliphatic heterocycles. The lowest BCUT2D eigenvalue weighted by atomic mass is 10.2. The van der Waals surface area contributed by atoms with Crippen molar-refractivity contribution in [2.45, 2.75) is 0 Å². The number of nitro groups is 1. The highest BCUT2D eigenvalue weighted by molar-refractivity contribution is 14.1. The van der Waals surface area contributed by atoms with Gasteiger partial charge in [0.05, 0.1) is 4.92 Å². The zero-order valence-electron chi connectivity index (χ0n) is 9.26. The molecule has 0 aromatic heterocycles. The second-order valence-electron chi connectivity index (χ2n) is 3.66. The van der Waals surface area contributed by atoms with Crippen LogP contribution in [0.5, 0.6) is 0 Å². The van der Waals surface area contributed by atoms with Gasteiger partial charge in [0.1, 0.15) is 5.69 Å². The van der Waals surface area contributed by atoms with Crippen LogP contribution in [0.1, 0.15) is 0 Å². The molecule has 92 valence electrons. The van der Waals surface area contributed by atoms with Crippen LogP contribution in [0.4, 0.5) is 22.7 Å². The third-order valence-electron chi connectivity index (χ3n) is 2.36. The third kappa shape index (κ3) is 2.89. The zero-order valence-corrected chi connectivity index (χ0v) is 11.4. The molecule has 0 aliphatic carbocycles. The van der Waals surface area contributed by atoms with Gasteiger partial charge in [0, 0.05) is 21.0 Å². The number of nitrogens with zero attached hydrogens (tertiary/aromatic N) is 1. The largest absolute Gasteiger partial charge is 0.393 e. The molecule has 0 unspecified atom stereocenters. The molecule has 0 atom stereocenters. The van der Waals surface area contributed by atoms with Crippen LogP contribution in [-0.4, -0.2) is 4.92 Å². The number of rotatable bonds is 3. The van der Waals surface area contributed by atoms with E-state index in [0.717, 1.165) is 14.9 Å². The van der Waals surface area contributed by atoms with Crippen LogP contribution < -0.4 is 11.1 Å². The molecule has 0 bridgehead atoms. The Labute approximate surface area is 117 Å². The van der Waals surface area contributed by atoms with Gasteiger partial charge in [-0.05, 0) is 59.0 Å². The molecule has 0 amide bonds. The fourth-order valence-electron chi connectivity index (χ4n) is 1.50. The Hall–Kier alpha value is -1.83. The second-order valence-corrected chi connectivity index (χ2v) is 4.91. The van der Waals surface area contributed by atoms with E-state index in [1.807, 2.05) is 24.3 Å². The molecule has 0 heterocycles. The Morgan fingerprint density at radius 2 is 1.72 bits per heavy atom. The topological polar surface area (TPSA) is 81.2 Å². The molecule has 3 N–H and O–H groups in total. The number of hydrogen-bond donors (Lipinski definition) is 2. The van der Waals surface area contributed by atoms with E-state index < -0.39 is 4.92 Å². The van der Waals surface area contributed by atoms with E-state index in [-0.39, 0.29) is 11.4 Å². The number of nitrogen functional groups attached to an aromatic ring is 1. The van der Waals surface area contributed by atoms with E-state index in [1.165, 1.54) is 6.07 Å². The highest BCUT2D eigenvalue weighted by atomic mass is 127. The molecule has 0 saturated carbocycles. The monoisotopic (exact) mass is 355 g/mol. The number of nitro benzene ring substituents is 1. The molecule has 0 saturated heterocycles. The van der Waals surface area contributed by atoms with Crippen LogP contribution in [0.15, 0.2) is 42.5 Å². The summed E-state index contributed by atoms with van der Waals surface area (Å²) in [5.74, 6) is 0. The smallest absolute Gasteiger partial charge is 0.292 e. The number of anilines is 3. The number of nitrogens with two attached hydrogens (primary N) is 1. The second kappa shape index (κ2) is 5.21. The Morgan fingerprint density at radius 1 is 1.11 bits per heavy atom. The van der Waals surface area contributed by atoms with Gasteiger partial charge in [-0.2, -0.15) is 0 Å². The molecule has 6 heteroatoms. The molecular weight excluding hydrogens is 345 g/mol. The average Bonchev–Trinajstić information content (AvgIpc) is 2.32. The first-order chi connectivity index (χ1) is 8.56. The first-order valence-corrected chi connectivity index (χ1v) is 6.20. The maximum absolute atomic E-state index is 10.6. The molecule has 2 rings (SSSR count). The summed E-state index contributed by atoms with van der Waals surface area (Å²) in [5.41, 5.74) is 7.31. The molecule has 0 fully saturated rings. The van der Waals surface area contributed by atoms with Crippen molar-refractivity contribution in [3.8, 4) is 0 Å². The summed E-state index contributed by atoms with van der Waals surface area (Å²) >= 11 is 2.22. The minimum absolute atomic E-state index is 0.0804. The fraction of sp³-hybridized carbons (Fsp3) is 0. The minimum Gasteiger partial charge on any atom is -0.393 e. The molecule has 0 spiro atoms. The molecule has 2 aromatic rings. The number of nitrogens with one attached hydrogen (secondary N) is 1. The molecular formula is C12H10IN3O2. The highest BCUT2D eigenvalue weighted by Crippen LogP contribution is 2.26. The predicted octanol–water partition coefficient (Wildman–Crippen LogP) is 3.53.